The van der Waals surface area contributed by atoms with Crippen molar-refractivity contribution in [3.63, 3.8) is 0 Å². The molecule has 1 amide bonds. The Labute approximate surface area is 146 Å². The fraction of sp³-hybridized carbons (Fsp3) is 0.105. The van der Waals surface area contributed by atoms with Crippen molar-refractivity contribution < 1.29 is 13.6 Å². The van der Waals surface area contributed by atoms with Crippen LogP contribution in [0.3, 0.4) is 0 Å². The Balaban J connectivity index is 1.60. The summed E-state index contributed by atoms with van der Waals surface area (Å²) in [5, 5.41) is 7.96. The van der Waals surface area contributed by atoms with Crippen molar-refractivity contribution >= 4 is 27.8 Å². The maximum absolute atomic E-state index is 12.9. The number of aromatic nitrogens is 2. The second-order valence-corrected chi connectivity index (χ2v) is 5.85. The molecule has 0 spiro atoms. The van der Waals surface area contributed by atoms with Crippen molar-refractivity contribution in [2.24, 2.45) is 0 Å². The Bertz CT molecular complexity index is 1160. The first-order valence-electron chi connectivity index (χ1n) is 8.00. The zero-order valence-corrected chi connectivity index (χ0v) is 13.6. The number of nitrogens with one attached hydrogen (secondary N) is 1. The Morgan fingerprint density at radius 2 is 1.88 bits per heavy atom. The third-order valence-corrected chi connectivity index (χ3v) is 4.10. The Kier molecular flexibility index (Phi) is 3.96. The fourth-order valence-electron chi connectivity index (χ4n) is 2.84. The van der Waals surface area contributed by atoms with Crippen LogP contribution in [-0.4, -0.2) is 15.7 Å². The molecule has 1 N–H and O–H groups in total. The highest BCUT2D eigenvalue weighted by molar-refractivity contribution is 6.02. The molecule has 6 nitrogen and oxygen atoms in total. The van der Waals surface area contributed by atoms with Crippen molar-refractivity contribution in [2.45, 2.75) is 13.1 Å². The monoisotopic (exact) mass is 351 g/mol. The van der Waals surface area contributed by atoms with Crippen LogP contribution in [0.5, 0.6) is 0 Å². The van der Waals surface area contributed by atoms with Gasteiger partial charge in [0, 0.05) is 11.9 Å². The van der Waals surface area contributed by atoms with Gasteiger partial charge in [-0.1, -0.05) is 24.3 Å². The summed E-state index contributed by atoms with van der Waals surface area (Å²) in [6.45, 7) is 0.235. The van der Waals surface area contributed by atoms with Gasteiger partial charge in [0.05, 0.1) is 11.7 Å². The fourth-order valence-corrected chi connectivity index (χ4v) is 2.84. The molecule has 2 aromatic carbocycles. The number of para-hydroxylation sites is 1. The Morgan fingerprint density at radius 3 is 2.69 bits per heavy atom. The van der Waals surface area contributed by atoms with Crippen LogP contribution in [0, 0.1) is 5.82 Å². The van der Waals surface area contributed by atoms with E-state index in [2.05, 4.69) is 10.4 Å². The highest BCUT2D eigenvalue weighted by Crippen LogP contribution is 2.22. The van der Waals surface area contributed by atoms with Gasteiger partial charge in [0.1, 0.15) is 23.3 Å². The van der Waals surface area contributed by atoms with E-state index in [1.54, 1.807) is 24.3 Å². The average Bonchev–Trinajstić information content (AvgIpc) is 3.06. The van der Waals surface area contributed by atoms with Gasteiger partial charge in [-0.15, -0.1) is 0 Å². The lowest BCUT2D eigenvalue weighted by molar-refractivity contribution is -0.121. The van der Waals surface area contributed by atoms with Gasteiger partial charge < -0.3 is 9.73 Å². The van der Waals surface area contributed by atoms with Crippen LogP contribution in [0.2, 0.25) is 0 Å². The van der Waals surface area contributed by atoms with Crippen LogP contribution in [-0.2, 0) is 17.9 Å². The maximum atomic E-state index is 12.9. The van der Waals surface area contributed by atoms with Gasteiger partial charge >= 0.3 is 5.63 Å². The molecule has 4 aromatic rings. The van der Waals surface area contributed by atoms with Crippen molar-refractivity contribution in [2.75, 3.05) is 0 Å². The normalized spacial score (nSPS) is 11.1. The van der Waals surface area contributed by atoms with Gasteiger partial charge in [0.2, 0.25) is 5.91 Å². The van der Waals surface area contributed by atoms with Crippen molar-refractivity contribution in [3.05, 3.63) is 76.5 Å². The minimum atomic E-state index is -0.489. The van der Waals surface area contributed by atoms with Crippen LogP contribution in [0.4, 0.5) is 4.39 Å². The second kappa shape index (κ2) is 6.44. The molecule has 0 aliphatic carbocycles. The van der Waals surface area contributed by atoms with Crippen LogP contribution >= 0.6 is 0 Å². The minimum Gasteiger partial charge on any atom is -0.422 e. The number of carbonyl (C=O) groups excluding carboxylic acids is 1. The number of hydrogen-bond donors (Lipinski definition) is 1. The van der Waals surface area contributed by atoms with Gasteiger partial charge in [-0.2, -0.15) is 5.10 Å². The molecule has 4 rings (SSSR count). The zero-order chi connectivity index (χ0) is 18.1. The molecule has 0 unspecified atom stereocenters. The van der Waals surface area contributed by atoms with E-state index in [4.69, 9.17) is 4.42 Å². The van der Waals surface area contributed by atoms with Gasteiger partial charge in [0.25, 0.3) is 0 Å². The number of rotatable bonds is 4. The molecule has 0 fully saturated rings. The van der Waals surface area contributed by atoms with Gasteiger partial charge in [-0.05, 0) is 29.8 Å². The zero-order valence-electron chi connectivity index (χ0n) is 13.6. The Morgan fingerprint density at radius 1 is 1.12 bits per heavy atom. The molecule has 2 heterocycles. The van der Waals surface area contributed by atoms with E-state index in [1.165, 1.54) is 23.0 Å². The van der Waals surface area contributed by atoms with Crippen molar-refractivity contribution in [1.82, 2.24) is 15.1 Å². The van der Waals surface area contributed by atoms with E-state index >= 15 is 0 Å². The largest absolute Gasteiger partial charge is 0.422 e. The third kappa shape index (κ3) is 2.95. The standard InChI is InChI=1S/C19H14FN3O3/c20-13-7-5-12(6-8-13)9-21-17(24)11-23-18-14-3-1-2-4-16(14)26-19(25)15(18)10-22-23/h1-8,10H,9,11H2,(H,21,24). The summed E-state index contributed by atoms with van der Waals surface area (Å²) in [6.07, 6.45) is 1.40. The van der Waals surface area contributed by atoms with E-state index in [0.29, 0.717) is 21.9 Å². The lowest BCUT2D eigenvalue weighted by atomic mass is 10.2. The molecule has 0 aliphatic rings. The summed E-state index contributed by atoms with van der Waals surface area (Å²) in [6, 6.07) is 13.0. The van der Waals surface area contributed by atoms with E-state index in [1.807, 2.05) is 12.1 Å². The van der Waals surface area contributed by atoms with Crippen LogP contribution in [0.15, 0.2) is 63.9 Å². The molecule has 7 heteroatoms. The van der Waals surface area contributed by atoms with E-state index in [-0.39, 0.29) is 24.8 Å². The summed E-state index contributed by atoms with van der Waals surface area (Å²) >= 11 is 0. The topological polar surface area (TPSA) is 77.1 Å². The number of hydrogen-bond acceptors (Lipinski definition) is 4. The van der Waals surface area contributed by atoms with Crippen LogP contribution in [0.25, 0.3) is 21.9 Å². The molecular weight excluding hydrogens is 337 g/mol. The van der Waals surface area contributed by atoms with Crippen LogP contribution < -0.4 is 10.9 Å². The molecular formula is C19H14FN3O3. The third-order valence-electron chi connectivity index (χ3n) is 4.10. The predicted molar refractivity (Wildman–Crippen MR) is 94.0 cm³/mol. The number of fused-ring (bicyclic) bond motifs is 3. The SMILES string of the molecule is O=C(Cn1ncc2c(=O)oc3ccccc3c21)NCc1ccc(F)cc1. The number of nitrogens with zero attached hydrogens (tertiary/aromatic N) is 2. The molecule has 26 heavy (non-hydrogen) atoms. The first-order valence-corrected chi connectivity index (χ1v) is 8.00. The summed E-state index contributed by atoms with van der Waals surface area (Å²) in [5.41, 5.74) is 1.31. The Hall–Kier alpha value is -3.48. The summed E-state index contributed by atoms with van der Waals surface area (Å²) in [4.78, 5) is 24.3. The second-order valence-electron chi connectivity index (χ2n) is 5.85. The smallest absolute Gasteiger partial charge is 0.347 e. The minimum absolute atomic E-state index is 0.0435. The highest BCUT2D eigenvalue weighted by Gasteiger charge is 2.14. The average molecular weight is 351 g/mol. The molecule has 0 atom stereocenters. The lowest BCUT2D eigenvalue weighted by Crippen LogP contribution is -2.27. The number of halogens is 1. The number of amides is 1. The molecule has 0 radical (unpaired) electrons. The molecule has 0 aliphatic heterocycles. The summed E-state index contributed by atoms with van der Waals surface area (Å²) in [7, 11) is 0. The van der Waals surface area contributed by atoms with E-state index < -0.39 is 5.63 Å². The maximum Gasteiger partial charge on any atom is 0.347 e. The van der Waals surface area contributed by atoms with Crippen molar-refractivity contribution in [1.29, 1.82) is 0 Å². The van der Waals surface area contributed by atoms with Crippen LogP contribution in [0.1, 0.15) is 5.56 Å². The predicted octanol–water partition coefficient (Wildman–Crippen LogP) is 2.60. The van der Waals surface area contributed by atoms with Gasteiger partial charge in [0.15, 0.2) is 0 Å². The lowest BCUT2D eigenvalue weighted by Gasteiger charge is -2.07. The van der Waals surface area contributed by atoms with Gasteiger partial charge in [-0.3, -0.25) is 9.48 Å². The quantitative estimate of drug-likeness (QED) is 0.573. The van der Waals surface area contributed by atoms with E-state index in [0.717, 1.165) is 5.56 Å². The van der Waals surface area contributed by atoms with Crippen molar-refractivity contribution in [3.8, 4) is 0 Å². The summed E-state index contributed by atoms with van der Waals surface area (Å²) in [5.74, 6) is -0.592. The molecule has 0 bridgehead atoms. The number of carbonyl (C=O) groups is 1. The van der Waals surface area contributed by atoms with Gasteiger partial charge in [-0.25, -0.2) is 9.18 Å². The first kappa shape index (κ1) is 16.0. The molecule has 2 aromatic heterocycles. The van der Waals surface area contributed by atoms with E-state index in [9.17, 15) is 14.0 Å². The molecule has 0 saturated heterocycles. The number of benzene rings is 2. The summed E-state index contributed by atoms with van der Waals surface area (Å²) < 4.78 is 19.7. The first-order chi connectivity index (χ1) is 12.6. The highest BCUT2D eigenvalue weighted by atomic mass is 19.1. The molecule has 130 valence electrons. The molecule has 0 saturated carbocycles.